The molecule has 83 heavy (non-hydrogen) atoms. The van der Waals surface area contributed by atoms with E-state index >= 15 is 0 Å². The Hall–Kier alpha value is -3.59. The van der Waals surface area contributed by atoms with Crippen LogP contribution >= 0.6 is 7.82 Å². The monoisotopic (exact) mass is 1170 g/mol. The lowest BCUT2D eigenvalue weighted by molar-refractivity contribution is -0.870. The van der Waals surface area contributed by atoms with Gasteiger partial charge in [-0.2, -0.15) is 0 Å². The second-order valence-corrected chi connectivity index (χ2v) is 25.0. The minimum absolute atomic E-state index is 0.0341. The summed E-state index contributed by atoms with van der Waals surface area (Å²) in [4.78, 5) is 40.1. The van der Waals surface area contributed by atoms with Crippen molar-refractivity contribution >= 4 is 19.7 Å². The Kier molecular flexibility index (Phi) is 58.8. The number of rotatable bonds is 60. The molecule has 0 aromatic carbocycles. The van der Waals surface area contributed by atoms with Crippen LogP contribution in [0.2, 0.25) is 0 Å². The maximum absolute atomic E-state index is 13.6. The second-order valence-electron chi connectivity index (χ2n) is 23.6. The van der Waals surface area contributed by atoms with Gasteiger partial charge in [-0.15, -0.1) is 0 Å². The highest BCUT2D eigenvalue weighted by Crippen LogP contribution is 2.38. The molecule has 0 aliphatic rings. The van der Waals surface area contributed by atoms with E-state index in [1.165, 1.54) is 109 Å². The van der Waals surface area contributed by atoms with Gasteiger partial charge in [-0.3, -0.25) is 14.2 Å². The third-order valence-corrected chi connectivity index (χ3v) is 15.3. The summed E-state index contributed by atoms with van der Waals surface area (Å²) < 4.78 is 30.4. The molecule has 0 aromatic heterocycles. The minimum Gasteiger partial charge on any atom is -0.756 e. The van der Waals surface area contributed by atoms with Gasteiger partial charge in [0.25, 0.3) is 7.82 Å². The van der Waals surface area contributed by atoms with Crippen molar-refractivity contribution in [3.63, 3.8) is 0 Å². The molecule has 0 aliphatic heterocycles. The average molecular weight is 1180 g/mol. The van der Waals surface area contributed by atoms with Crippen molar-refractivity contribution in [2.24, 2.45) is 0 Å². The van der Waals surface area contributed by atoms with Gasteiger partial charge in [0, 0.05) is 12.8 Å². The summed E-state index contributed by atoms with van der Waals surface area (Å²) in [5, 5.41) is 3.02. The number of nitrogens with zero attached hydrogens (tertiary/aromatic N) is 1. The van der Waals surface area contributed by atoms with Crippen molar-refractivity contribution in [3.05, 3.63) is 122 Å². The van der Waals surface area contributed by atoms with Crippen molar-refractivity contribution in [2.45, 2.75) is 290 Å². The molecule has 0 heterocycles. The number of allylic oxidation sites excluding steroid dienone is 19. The number of esters is 1. The lowest BCUT2D eigenvalue weighted by Crippen LogP contribution is -2.47. The number of phosphoric acid groups is 1. The number of likely N-dealkylation sites (N-methyl/N-ethyl adjacent to an activating group) is 1. The third kappa shape index (κ3) is 62.8. The van der Waals surface area contributed by atoms with Crippen LogP contribution in [-0.2, 0) is 27.9 Å². The summed E-state index contributed by atoms with van der Waals surface area (Å²) in [6, 6.07) is -0.912. The number of carbonyl (C=O) groups excluding carboxylic acids is 2. The molecular formula is C73H127N2O7P. The molecular weight excluding hydrogens is 1050 g/mol. The molecule has 3 atom stereocenters. The van der Waals surface area contributed by atoms with E-state index in [2.05, 4.69) is 135 Å². The molecule has 0 bridgehead atoms. The van der Waals surface area contributed by atoms with Gasteiger partial charge >= 0.3 is 5.97 Å². The summed E-state index contributed by atoms with van der Waals surface area (Å²) in [6.45, 7) is 6.68. The number of amides is 1. The van der Waals surface area contributed by atoms with Crippen LogP contribution in [0.5, 0.6) is 0 Å². The summed E-state index contributed by atoms with van der Waals surface area (Å²) in [7, 11) is 1.15. The van der Waals surface area contributed by atoms with Crippen molar-refractivity contribution in [1.29, 1.82) is 0 Å². The number of hydrogen-bond donors (Lipinski definition) is 1. The molecule has 0 radical (unpaired) electrons. The molecule has 1 N–H and O–H groups in total. The highest BCUT2D eigenvalue weighted by molar-refractivity contribution is 7.45. The smallest absolute Gasteiger partial charge is 0.306 e. The van der Waals surface area contributed by atoms with Crippen LogP contribution < -0.4 is 10.2 Å². The summed E-state index contributed by atoms with van der Waals surface area (Å²) in [5.74, 6) is -0.579. The van der Waals surface area contributed by atoms with Gasteiger partial charge in [-0.05, 0) is 122 Å². The average Bonchev–Trinajstić information content (AvgIpc) is 3.47. The topological polar surface area (TPSA) is 114 Å². The van der Waals surface area contributed by atoms with E-state index in [0.29, 0.717) is 23.9 Å². The first-order chi connectivity index (χ1) is 40.4. The van der Waals surface area contributed by atoms with Crippen molar-refractivity contribution in [2.75, 3.05) is 40.9 Å². The molecule has 3 unspecified atom stereocenters. The number of phosphoric ester groups is 1. The Bertz CT molecular complexity index is 1830. The second kappa shape index (κ2) is 61.5. The number of unbranched alkanes of at least 4 members (excludes halogenated alkanes) is 26. The Labute approximate surface area is 512 Å². The molecule has 0 aromatic rings. The molecule has 476 valence electrons. The lowest BCUT2D eigenvalue weighted by atomic mass is 10.0. The Morgan fingerprint density at radius 1 is 0.434 bits per heavy atom. The van der Waals surface area contributed by atoms with Gasteiger partial charge in [0.15, 0.2) is 0 Å². The molecule has 0 aliphatic carbocycles. The van der Waals surface area contributed by atoms with Gasteiger partial charge < -0.3 is 28.5 Å². The van der Waals surface area contributed by atoms with Crippen molar-refractivity contribution < 1.29 is 37.3 Å². The number of hydrogen-bond acceptors (Lipinski definition) is 7. The van der Waals surface area contributed by atoms with Crippen molar-refractivity contribution in [3.8, 4) is 0 Å². The number of ether oxygens (including phenoxy) is 1. The van der Waals surface area contributed by atoms with Crippen molar-refractivity contribution in [1.82, 2.24) is 5.32 Å². The van der Waals surface area contributed by atoms with Crippen LogP contribution in [0.25, 0.3) is 0 Å². The summed E-state index contributed by atoms with van der Waals surface area (Å²) >= 11 is 0. The fourth-order valence-electron chi connectivity index (χ4n) is 9.18. The Morgan fingerprint density at radius 2 is 0.771 bits per heavy atom. The lowest BCUT2D eigenvalue weighted by Gasteiger charge is -2.30. The van der Waals surface area contributed by atoms with Gasteiger partial charge in [-0.1, -0.05) is 265 Å². The fourth-order valence-corrected chi connectivity index (χ4v) is 9.90. The molecule has 1 amide bonds. The normalized spacial score (nSPS) is 14.3. The third-order valence-electron chi connectivity index (χ3n) is 14.4. The molecule has 0 saturated heterocycles. The molecule has 10 heteroatoms. The summed E-state index contributed by atoms with van der Waals surface area (Å²) in [5.41, 5.74) is 0. The quantitative estimate of drug-likeness (QED) is 0.0212. The van der Waals surface area contributed by atoms with Gasteiger partial charge in [0.05, 0.1) is 33.8 Å². The zero-order valence-corrected chi connectivity index (χ0v) is 55.3. The predicted octanol–water partition coefficient (Wildman–Crippen LogP) is 20.8. The molecule has 9 nitrogen and oxygen atoms in total. The first kappa shape index (κ1) is 79.4. The highest BCUT2D eigenvalue weighted by Gasteiger charge is 2.27. The van der Waals surface area contributed by atoms with Crippen LogP contribution in [0.3, 0.4) is 0 Å². The van der Waals surface area contributed by atoms with E-state index in [-0.39, 0.29) is 31.3 Å². The van der Waals surface area contributed by atoms with Crippen LogP contribution in [0.1, 0.15) is 278 Å². The number of carbonyl (C=O) groups is 2. The number of nitrogens with one attached hydrogen (secondary N) is 1. The zero-order chi connectivity index (χ0) is 60.7. The van der Waals surface area contributed by atoms with Crippen LogP contribution in [0.4, 0.5) is 0 Å². The first-order valence-corrected chi connectivity index (χ1v) is 35.3. The predicted molar refractivity (Wildman–Crippen MR) is 357 cm³/mol. The molecule has 0 spiro atoms. The van der Waals surface area contributed by atoms with Crippen LogP contribution in [0.15, 0.2) is 122 Å². The zero-order valence-electron chi connectivity index (χ0n) is 54.4. The fraction of sp³-hybridized carbons (Fsp3) is 0.699. The van der Waals surface area contributed by atoms with Gasteiger partial charge in [0.1, 0.15) is 19.3 Å². The molecule has 0 rings (SSSR count). The maximum Gasteiger partial charge on any atom is 0.306 e. The molecule has 0 fully saturated rings. The van der Waals surface area contributed by atoms with Crippen LogP contribution in [-0.4, -0.2) is 69.4 Å². The van der Waals surface area contributed by atoms with Crippen LogP contribution in [0, 0.1) is 0 Å². The number of quaternary nitrogens is 1. The minimum atomic E-state index is -4.72. The van der Waals surface area contributed by atoms with Gasteiger partial charge in [0.2, 0.25) is 5.91 Å². The summed E-state index contributed by atoms with van der Waals surface area (Å²) in [6.07, 6.45) is 85.9. The van der Waals surface area contributed by atoms with Gasteiger partial charge in [-0.25, -0.2) is 0 Å². The van der Waals surface area contributed by atoms with E-state index in [0.717, 1.165) is 122 Å². The van der Waals surface area contributed by atoms with E-state index in [1.54, 1.807) is 0 Å². The molecule has 0 saturated carbocycles. The standard InChI is InChI=1S/C73H127N2O7P/c1-7-10-13-16-19-22-25-28-30-32-33-34-35-36-37-38-39-40-41-43-45-48-51-54-57-60-63-66-73(77)82-71(64-61-58-55-52-49-46-27-24-21-18-15-12-9-3)70(69-81-83(78,79)80-68-67-75(4,5)6)74-72(76)65-62-59-56-53-50-47-44-42-31-29-26-23-20-17-14-11-8-2/h10,13,19-20,22-23,28-31,33-34,36-37,39-40,44,47,61,64,70-71H,7-9,11-12,14-18,21,24-27,32,35,38,41-43,45-46,48-60,62-63,65-69H2,1-6H3,(H-,74,76,78,79)/b13-10-,22-19-,23-20-,30-28-,31-29-,34-33-,37-36-,40-39-,47-44-,64-61-. The Morgan fingerprint density at radius 3 is 1.18 bits per heavy atom. The van der Waals surface area contributed by atoms with E-state index < -0.39 is 26.6 Å². The SMILES string of the molecule is CC/C=C\C/C=C\C/C=C\C/C=C\C/C=C\C/C=C\CCCCCCCCCCC(=O)OC(/C=C\CCCCCCCCCCCCC)C(COP(=O)([O-])OCC[N+](C)(C)C)NC(=O)CCCCCC/C=C\C/C=C\C/C=C\CCCCC. The van der Waals surface area contributed by atoms with E-state index in [4.69, 9.17) is 13.8 Å². The Balaban J connectivity index is 5.20. The largest absolute Gasteiger partial charge is 0.756 e. The maximum atomic E-state index is 13.6. The van der Waals surface area contributed by atoms with E-state index in [9.17, 15) is 19.0 Å². The van der Waals surface area contributed by atoms with E-state index in [1.807, 2.05) is 33.3 Å². The highest BCUT2D eigenvalue weighted by atomic mass is 31.2. The first-order valence-electron chi connectivity index (χ1n) is 33.8.